The van der Waals surface area contributed by atoms with Crippen LogP contribution in [-0.2, 0) is 19.9 Å². The molecule has 0 spiro atoms. The van der Waals surface area contributed by atoms with E-state index >= 15 is 0 Å². The van der Waals surface area contributed by atoms with Gasteiger partial charge in [-0.3, -0.25) is 0 Å². The van der Waals surface area contributed by atoms with Crippen molar-refractivity contribution in [3.05, 3.63) is 53.6 Å². The topological polar surface area (TPSA) is 80.8 Å². The molecule has 134 valence electrons. The van der Waals surface area contributed by atoms with Crippen LogP contribution in [0, 0.1) is 0 Å². The highest BCUT2D eigenvalue weighted by Crippen LogP contribution is 2.32. The van der Waals surface area contributed by atoms with Crippen molar-refractivity contribution in [2.45, 2.75) is 15.0 Å². The van der Waals surface area contributed by atoms with E-state index in [1.165, 1.54) is 37.4 Å². The van der Waals surface area contributed by atoms with Crippen molar-refractivity contribution in [3.8, 4) is 5.75 Å². The molecule has 0 aromatic heterocycles. The van der Waals surface area contributed by atoms with Gasteiger partial charge in [-0.25, -0.2) is 16.8 Å². The summed E-state index contributed by atoms with van der Waals surface area (Å²) in [5.41, 5.74) is 0. The lowest BCUT2D eigenvalue weighted by atomic mass is 10.3. The number of methoxy groups -OCH3 is 1. The number of para-hydroxylation sites is 1. The molecule has 1 aliphatic rings. The smallest absolute Gasteiger partial charge is 0.246 e. The van der Waals surface area contributed by atoms with Gasteiger partial charge < -0.3 is 4.74 Å². The molecule has 6 nitrogen and oxygen atoms in total. The molecule has 0 unspecified atom stereocenters. The molecule has 0 amide bonds. The first-order valence-electron chi connectivity index (χ1n) is 7.39. The fourth-order valence-corrected chi connectivity index (χ4v) is 6.24. The zero-order chi connectivity index (χ0) is 18.2. The van der Waals surface area contributed by atoms with Crippen molar-refractivity contribution in [3.63, 3.8) is 0 Å². The van der Waals surface area contributed by atoms with Crippen molar-refractivity contribution in [2.75, 3.05) is 20.2 Å². The van der Waals surface area contributed by atoms with E-state index in [9.17, 15) is 16.8 Å². The highest BCUT2D eigenvalue weighted by molar-refractivity contribution is 7.92. The van der Waals surface area contributed by atoms with Crippen molar-refractivity contribution in [1.29, 1.82) is 0 Å². The third kappa shape index (κ3) is 3.27. The molecule has 0 radical (unpaired) electrons. The van der Waals surface area contributed by atoms with Crippen molar-refractivity contribution in [1.82, 2.24) is 4.31 Å². The number of ether oxygens (including phenoxy) is 1. The van der Waals surface area contributed by atoms with E-state index in [2.05, 4.69) is 0 Å². The van der Waals surface area contributed by atoms with Gasteiger partial charge in [0.25, 0.3) is 0 Å². The number of hydrogen-bond acceptors (Lipinski definition) is 5. The minimum Gasteiger partial charge on any atom is -0.495 e. The van der Waals surface area contributed by atoms with Crippen LogP contribution in [0.4, 0.5) is 0 Å². The van der Waals surface area contributed by atoms with Crippen molar-refractivity contribution < 1.29 is 21.6 Å². The lowest BCUT2D eigenvalue weighted by Gasteiger charge is -2.37. The molecule has 1 fully saturated rings. The Morgan fingerprint density at radius 1 is 1.00 bits per heavy atom. The molecule has 25 heavy (non-hydrogen) atoms. The quantitative estimate of drug-likeness (QED) is 0.767. The Balaban J connectivity index is 1.81. The molecule has 0 saturated carbocycles. The summed E-state index contributed by atoms with van der Waals surface area (Å²) < 4.78 is 56.7. The SMILES string of the molecule is COc1ccccc1S(=O)(=O)N1CC(S(=O)(=O)c2ccc(Cl)cc2)C1. The predicted octanol–water partition coefficient (Wildman–Crippen LogP) is 2.20. The third-order valence-electron chi connectivity index (χ3n) is 4.08. The highest BCUT2D eigenvalue weighted by Gasteiger charge is 2.44. The Morgan fingerprint density at radius 2 is 1.60 bits per heavy atom. The zero-order valence-electron chi connectivity index (χ0n) is 13.3. The van der Waals surface area contributed by atoms with Gasteiger partial charge in [-0.15, -0.1) is 0 Å². The van der Waals surface area contributed by atoms with Crippen LogP contribution in [-0.4, -0.2) is 46.6 Å². The van der Waals surface area contributed by atoms with E-state index in [1.807, 2.05) is 0 Å². The fraction of sp³-hybridized carbons (Fsp3) is 0.250. The number of halogens is 1. The maximum absolute atomic E-state index is 12.7. The summed E-state index contributed by atoms with van der Waals surface area (Å²) in [7, 11) is -6.02. The summed E-state index contributed by atoms with van der Waals surface area (Å²) in [5.74, 6) is 0.228. The van der Waals surface area contributed by atoms with Crippen molar-refractivity contribution >= 4 is 31.5 Å². The standard InChI is InChI=1S/C16H16ClNO5S2/c1-23-15-4-2-3-5-16(15)25(21,22)18-10-14(11-18)24(19,20)13-8-6-12(17)7-9-13/h2-9,14H,10-11H2,1H3. The van der Waals surface area contributed by atoms with Gasteiger partial charge in [0.05, 0.1) is 17.3 Å². The van der Waals surface area contributed by atoms with Gasteiger partial charge in [0.2, 0.25) is 10.0 Å². The average molecular weight is 402 g/mol. The van der Waals surface area contributed by atoms with Gasteiger partial charge in [-0.2, -0.15) is 4.31 Å². The van der Waals surface area contributed by atoms with Gasteiger partial charge in [0.1, 0.15) is 10.6 Å². The number of benzene rings is 2. The molecule has 2 aromatic rings. The first-order chi connectivity index (χ1) is 11.8. The van der Waals surface area contributed by atoms with Crippen LogP contribution in [0.25, 0.3) is 0 Å². The van der Waals surface area contributed by atoms with E-state index in [1.54, 1.807) is 18.2 Å². The normalized spacial score (nSPS) is 16.4. The Kier molecular flexibility index (Phi) is 4.80. The summed E-state index contributed by atoms with van der Waals surface area (Å²) >= 11 is 5.77. The van der Waals surface area contributed by atoms with Crippen LogP contribution in [0.3, 0.4) is 0 Å². The second-order valence-electron chi connectivity index (χ2n) is 5.59. The lowest BCUT2D eigenvalue weighted by Crippen LogP contribution is -2.56. The van der Waals surface area contributed by atoms with Crippen LogP contribution in [0.1, 0.15) is 0 Å². The second-order valence-corrected chi connectivity index (χ2v) is 10.2. The highest BCUT2D eigenvalue weighted by atomic mass is 35.5. The van der Waals surface area contributed by atoms with Gasteiger partial charge in [0.15, 0.2) is 9.84 Å². The van der Waals surface area contributed by atoms with E-state index in [0.29, 0.717) is 5.02 Å². The predicted molar refractivity (Wildman–Crippen MR) is 94.2 cm³/mol. The van der Waals surface area contributed by atoms with Gasteiger partial charge in [0, 0.05) is 18.1 Å². The van der Waals surface area contributed by atoms with Crippen LogP contribution < -0.4 is 4.74 Å². The van der Waals surface area contributed by atoms with Gasteiger partial charge in [-0.05, 0) is 36.4 Å². The molecule has 9 heteroatoms. The Labute approximate surface area is 152 Å². The van der Waals surface area contributed by atoms with E-state index < -0.39 is 25.1 Å². The first-order valence-corrected chi connectivity index (χ1v) is 10.8. The second kappa shape index (κ2) is 6.60. The van der Waals surface area contributed by atoms with Crippen LogP contribution in [0.15, 0.2) is 58.3 Å². The van der Waals surface area contributed by atoms with E-state index in [0.717, 1.165) is 4.31 Å². The van der Waals surface area contributed by atoms with E-state index in [-0.39, 0.29) is 28.6 Å². The third-order valence-corrected chi connectivity index (χ3v) is 8.31. The molecule has 1 heterocycles. The molecule has 0 aliphatic carbocycles. The molecule has 0 N–H and O–H groups in total. The minimum absolute atomic E-state index is 0.0276. The molecule has 1 saturated heterocycles. The molecule has 1 aliphatic heterocycles. The summed E-state index contributed by atoms with van der Waals surface area (Å²) in [6.45, 7) is -0.184. The van der Waals surface area contributed by atoms with Gasteiger partial charge in [-0.1, -0.05) is 23.7 Å². The summed E-state index contributed by atoms with van der Waals surface area (Å²) in [4.78, 5) is 0.163. The monoisotopic (exact) mass is 401 g/mol. The molecule has 3 rings (SSSR count). The molecule has 0 atom stereocenters. The first kappa shape index (κ1) is 18.2. The average Bonchev–Trinajstić information content (AvgIpc) is 2.53. The van der Waals surface area contributed by atoms with Crippen LogP contribution >= 0.6 is 11.6 Å². The van der Waals surface area contributed by atoms with Crippen molar-refractivity contribution in [2.24, 2.45) is 0 Å². The zero-order valence-corrected chi connectivity index (χ0v) is 15.7. The maximum Gasteiger partial charge on any atom is 0.246 e. The largest absolute Gasteiger partial charge is 0.495 e. The Bertz CT molecular complexity index is 981. The summed E-state index contributed by atoms with van der Waals surface area (Å²) in [6, 6.07) is 12.1. The Morgan fingerprint density at radius 3 is 2.20 bits per heavy atom. The number of sulfonamides is 1. The Hall–Kier alpha value is -1.61. The number of rotatable bonds is 5. The van der Waals surface area contributed by atoms with E-state index in [4.69, 9.17) is 16.3 Å². The maximum atomic E-state index is 12.7. The van der Waals surface area contributed by atoms with Gasteiger partial charge >= 0.3 is 0 Å². The van der Waals surface area contributed by atoms with Crippen LogP contribution in [0.2, 0.25) is 5.02 Å². The number of sulfone groups is 1. The number of hydrogen-bond donors (Lipinski definition) is 0. The summed E-state index contributed by atoms with van der Waals surface area (Å²) in [5, 5.41) is -0.342. The van der Waals surface area contributed by atoms with Crippen LogP contribution in [0.5, 0.6) is 5.75 Å². The number of nitrogens with zero attached hydrogens (tertiary/aromatic N) is 1. The fourth-order valence-electron chi connectivity index (χ4n) is 2.58. The molecular weight excluding hydrogens is 386 g/mol. The lowest BCUT2D eigenvalue weighted by molar-refractivity contribution is 0.307. The molecule has 2 aromatic carbocycles. The molecule has 0 bridgehead atoms. The minimum atomic E-state index is -3.80. The molecular formula is C16H16ClNO5S2. The summed E-state index contributed by atoms with van der Waals surface area (Å²) in [6.07, 6.45) is 0.